The van der Waals surface area contributed by atoms with E-state index in [0.717, 1.165) is 22.6 Å². The number of nitrogens with zero attached hydrogens (tertiary/aromatic N) is 2. The van der Waals surface area contributed by atoms with Gasteiger partial charge in [-0.3, -0.25) is 4.79 Å². The van der Waals surface area contributed by atoms with Crippen LogP contribution in [0.5, 0.6) is 11.5 Å². The Bertz CT molecular complexity index is 956. The van der Waals surface area contributed by atoms with Gasteiger partial charge in [-0.1, -0.05) is 29.8 Å². The van der Waals surface area contributed by atoms with Crippen LogP contribution >= 0.6 is 11.6 Å². The SMILES string of the molecule is COc1ccc(OC)c(CCC(=O)Nc2ccnn2Cc2ccccc2Cl)c1. The normalized spacial score (nSPS) is 10.5. The minimum Gasteiger partial charge on any atom is -0.497 e. The summed E-state index contributed by atoms with van der Waals surface area (Å²) in [7, 11) is 3.22. The minimum absolute atomic E-state index is 0.106. The number of hydrogen-bond donors (Lipinski definition) is 1. The molecule has 0 atom stereocenters. The van der Waals surface area contributed by atoms with Gasteiger partial charge in [-0.2, -0.15) is 5.10 Å². The number of nitrogens with one attached hydrogen (secondary N) is 1. The van der Waals surface area contributed by atoms with Crippen molar-refractivity contribution in [3.8, 4) is 11.5 Å². The number of benzene rings is 2. The maximum Gasteiger partial charge on any atom is 0.225 e. The van der Waals surface area contributed by atoms with Crippen LogP contribution in [0.4, 0.5) is 5.82 Å². The lowest BCUT2D eigenvalue weighted by Gasteiger charge is -2.12. The van der Waals surface area contributed by atoms with Gasteiger partial charge in [0.2, 0.25) is 5.91 Å². The van der Waals surface area contributed by atoms with Crippen LogP contribution in [-0.2, 0) is 17.8 Å². The van der Waals surface area contributed by atoms with E-state index in [-0.39, 0.29) is 5.91 Å². The van der Waals surface area contributed by atoms with Gasteiger partial charge in [0.25, 0.3) is 0 Å². The van der Waals surface area contributed by atoms with E-state index in [1.54, 1.807) is 31.2 Å². The maximum atomic E-state index is 12.5. The molecule has 146 valence electrons. The standard InChI is InChI=1S/C21H22ClN3O3/c1-27-17-8-9-19(28-2)15(13-17)7-10-21(26)24-20-11-12-23-25(20)14-16-5-3-4-6-18(16)22/h3-6,8-9,11-13H,7,10,14H2,1-2H3,(H,24,26). The van der Waals surface area contributed by atoms with Crippen LogP contribution in [0.15, 0.2) is 54.7 Å². The van der Waals surface area contributed by atoms with Crippen LogP contribution in [0, 0.1) is 0 Å². The highest BCUT2D eigenvalue weighted by molar-refractivity contribution is 6.31. The molecule has 6 nitrogen and oxygen atoms in total. The summed E-state index contributed by atoms with van der Waals surface area (Å²) in [5.74, 6) is 1.99. The molecule has 0 aliphatic heterocycles. The number of halogens is 1. The molecule has 1 aromatic heterocycles. The number of amides is 1. The summed E-state index contributed by atoms with van der Waals surface area (Å²) in [6.45, 7) is 0.478. The van der Waals surface area contributed by atoms with Crippen LogP contribution in [0.2, 0.25) is 5.02 Å². The number of carbonyl (C=O) groups is 1. The van der Waals surface area contributed by atoms with E-state index < -0.39 is 0 Å². The molecule has 2 aromatic carbocycles. The van der Waals surface area contributed by atoms with E-state index >= 15 is 0 Å². The summed E-state index contributed by atoms with van der Waals surface area (Å²) >= 11 is 6.22. The number of ether oxygens (including phenoxy) is 2. The zero-order chi connectivity index (χ0) is 19.9. The van der Waals surface area contributed by atoms with Crippen molar-refractivity contribution in [3.63, 3.8) is 0 Å². The van der Waals surface area contributed by atoms with Gasteiger partial charge in [-0.15, -0.1) is 0 Å². The van der Waals surface area contributed by atoms with Crippen molar-refractivity contribution in [3.05, 3.63) is 70.9 Å². The van der Waals surface area contributed by atoms with Crippen LogP contribution in [0.3, 0.4) is 0 Å². The summed E-state index contributed by atoms with van der Waals surface area (Å²) in [4.78, 5) is 12.5. The summed E-state index contributed by atoms with van der Waals surface area (Å²) in [6.07, 6.45) is 2.49. The second-order valence-corrected chi connectivity index (χ2v) is 6.60. The quantitative estimate of drug-likeness (QED) is 0.617. The van der Waals surface area contributed by atoms with E-state index in [9.17, 15) is 4.79 Å². The lowest BCUT2D eigenvalue weighted by atomic mass is 10.1. The van der Waals surface area contributed by atoms with Gasteiger partial charge in [-0.25, -0.2) is 4.68 Å². The number of anilines is 1. The highest BCUT2D eigenvalue weighted by Crippen LogP contribution is 2.25. The maximum absolute atomic E-state index is 12.5. The molecule has 3 aromatic rings. The summed E-state index contributed by atoms with van der Waals surface area (Å²) in [5.41, 5.74) is 1.85. The van der Waals surface area contributed by atoms with Crippen LogP contribution < -0.4 is 14.8 Å². The first-order valence-corrected chi connectivity index (χ1v) is 9.24. The lowest BCUT2D eigenvalue weighted by molar-refractivity contribution is -0.116. The average Bonchev–Trinajstić information content (AvgIpc) is 3.14. The Labute approximate surface area is 169 Å². The van der Waals surface area contributed by atoms with Crippen molar-refractivity contribution in [2.45, 2.75) is 19.4 Å². The van der Waals surface area contributed by atoms with Crippen LogP contribution in [0.25, 0.3) is 0 Å². The Morgan fingerprint density at radius 1 is 1.11 bits per heavy atom. The smallest absolute Gasteiger partial charge is 0.225 e. The van der Waals surface area contributed by atoms with Crippen molar-refractivity contribution in [1.82, 2.24) is 9.78 Å². The predicted octanol–water partition coefficient (Wildman–Crippen LogP) is 4.17. The molecule has 0 spiro atoms. The Morgan fingerprint density at radius 3 is 2.68 bits per heavy atom. The van der Waals surface area contributed by atoms with Gasteiger partial charge in [-0.05, 0) is 41.8 Å². The largest absolute Gasteiger partial charge is 0.497 e. The first kappa shape index (κ1) is 19.8. The predicted molar refractivity (Wildman–Crippen MR) is 109 cm³/mol. The van der Waals surface area contributed by atoms with Gasteiger partial charge in [0.15, 0.2) is 0 Å². The molecule has 1 heterocycles. The van der Waals surface area contributed by atoms with Crippen LogP contribution in [0.1, 0.15) is 17.5 Å². The third-order valence-corrected chi connectivity index (χ3v) is 4.74. The zero-order valence-corrected chi connectivity index (χ0v) is 16.6. The molecule has 0 unspecified atom stereocenters. The van der Waals surface area contributed by atoms with Gasteiger partial charge in [0, 0.05) is 17.5 Å². The molecule has 0 saturated carbocycles. The highest BCUT2D eigenvalue weighted by atomic mass is 35.5. The molecule has 0 aliphatic rings. The molecule has 0 saturated heterocycles. The molecule has 0 bridgehead atoms. The van der Waals surface area contributed by atoms with E-state index in [2.05, 4.69) is 10.4 Å². The number of hydrogen-bond acceptors (Lipinski definition) is 4. The third kappa shape index (κ3) is 4.84. The van der Waals surface area contributed by atoms with E-state index in [1.807, 2.05) is 42.5 Å². The average molecular weight is 400 g/mol. The number of methoxy groups -OCH3 is 2. The van der Waals surface area contributed by atoms with E-state index in [1.165, 1.54) is 0 Å². The Hall–Kier alpha value is -2.99. The third-order valence-electron chi connectivity index (χ3n) is 4.37. The molecule has 28 heavy (non-hydrogen) atoms. The van der Waals surface area contributed by atoms with Crippen molar-refractivity contribution in [2.75, 3.05) is 19.5 Å². The summed E-state index contributed by atoms with van der Waals surface area (Å²) < 4.78 is 12.3. The van der Waals surface area contributed by atoms with Gasteiger partial charge < -0.3 is 14.8 Å². The molecule has 1 amide bonds. The fourth-order valence-electron chi connectivity index (χ4n) is 2.88. The molecule has 3 rings (SSSR count). The molecule has 0 aliphatic carbocycles. The topological polar surface area (TPSA) is 65.4 Å². The van der Waals surface area contributed by atoms with Crippen molar-refractivity contribution in [1.29, 1.82) is 0 Å². The zero-order valence-electron chi connectivity index (χ0n) is 15.8. The number of aryl methyl sites for hydroxylation is 1. The van der Waals surface area contributed by atoms with Crippen molar-refractivity contribution < 1.29 is 14.3 Å². The summed E-state index contributed by atoms with van der Waals surface area (Å²) in [5, 5.41) is 7.86. The molecular weight excluding hydrogens is 378 g/mol. The van der Waals surface area contributed by atoms with E-state index in [4.69, 9.17) is 21.1 Å². The Morgan fingerprint density at radius 2 is 1.93 bits per heavy atom. The molecular formula is C21H22ClN3O3. The van der Waals surface area contributed by atoms with Crippen LogP contribution in [-0.4, -0.2) is 29.9 Å². The molecule has 1 N–H and O–H groups in total. The molecule has 0 fully saturated rings. The van der Waals surface area contributed by atoms with Gasteiger partial charge in [0.05, 0.1) is 27.0 Å². The fraction of sp³-hybridized carbons (Fsp3) is 0.238. The van der Waals surface area contributed by atoms with Gasteiger partial charge >= 0.3 is 0 Å². The molecule has 7 heteroatoms. The van der Waals surface area contributed by atoms with Gasteiger partial charge in [0.1, 0.15) is 17.3 Å². The second-order valence-electron chi connectivity index (χ2n) is 6.19. The number of carbonyl (C=O) groups excluding carboxylic acids is 1. The first-order valence-electron chi connectivity index (χ1n) is 8.86. The Kier molecular flexibility index (Phi) is 6.55. The number of aromatic nitrogens is 2. The first-order chi connectivity index (χ1) is 13.6. The molecule has 0 radical (unpaired) electrons. The fourth-order valence-corrected chi connectivity index (χ4v) is 3.08. The van der Waals surface area contributed by atoms with E-state index in [0.29, 0.717) is 30.2 Å². The van der Waals surface area contributed by atoms with Crippen molar-refractivity contribution in [2.24, 2.45) is 0 Å². The second kappa shape index (κ2) is 9.28. The van der Waals surface area contributed by atoms with Crippen molar-refractivity contribution >= 4 is 23.3 Å². The Balaban J connectivity index is 1.64. The minimum atomic E-state index is -0.106. The highest BCUT2D eigenvalue weighted by Gasteiger charge is 2.11. The number of rotatable bonds is 8. The monoisotopic (exact) mass is 399 g/mol. The summed E-state index contributed by atoms with van der Waals surface area (Å²) in [6, 6.07) is 14.9. The lowest BCUT2D eigenvalue weighted by Crippen LogP contribution is -2.16.